The van der Waals surface area contributed by atoms with E-state index in [-0.39, 0.29) is 0 Å². The number of aromatic amines is 1. The predicted molar refractivity (Wildman–Crippen MR) is 129 cm³/mol. The van der Waals surface area contributed by atoms with Gasteiger partial charge in [0.15, 0.2) is 11.6 Å². The summed E-state index contributed by atoms with van der Waals surface area (Å²) >= 11 is 0. The Bertz CT molecular complexity index is 1160. The molecule has 174 valence electrons. The van der Waals surface area contributed by atoms with Crippen LogP contribution in [0.5, 0.6) is 0 Å². The Hall–Kier alpha value is -3.29. The van der Waals surface area contributed by atoms with E-state index < -0.39 is 0 Å². The fourth-order valence-corrected chi connectivity index (χ4v) is 4.09. The van der Waals surface area contributed by atoms with Gasteiger partial charge in [0.1, 0.15) is 5.82 Å². The Morgan fingerprint density at radius 3 is 2.24 bits per heavy atom. The highest BCUT2D eigenvalue weighted by molar-refractivity contribution is 5.61. The SMILES string of the molecule is CC(C)Cc1nc(CC(C)C)n(Cc2ccc(-n3ccc(C(C)C)c3-c3nnn[nH]3)cc2)n1. The highest BCUT2D eigenvalue weighted by Gasteiger charge is 2.18. The van der Waals surface area contributed by atoms with Crippen molar-refractivity contribution in [2.45, 2.75) is 66.8 Å². The van der Waals surface area contributed by atoms with E-state index in [1.165, 1.54) is 11.1 Å². The van der Waals surface area contributed by atoms with Crippen LogP contribution in [0.1, 0.15) is 70.2 Å². The van der Waals surface area contributed by atoms with Gasteiger partial charge in [-0.3, -0.25) is 0 Å². The van der Waals surface area contributed by atoms with E-state index >= 15 is 0 Å². The molecule has 3 aromatic heterocycles. The van der Waals surface area contributed by atoms with Crippen molar-refractivity contribution in [3.63, 3.8) is 0 Å². The lowest BCUT2D eigenvalue weighted by Gasteiger charge is -2.12. The summed E-state index contributed by atoms with van der Waals surface area (Å²) in [5, 5.41) is 19.4. The summed E-state index contributed by atoms with van der Waals surface area (Å²) in [6.45, 7) is 13.9. The monoisotopic (exact) mass is 446 g/mol. The molecular formula is C25H34N8. The van der Waals surface area contributed by atoms with E-state index in [0.717, 1.165) is 42.4 Å². The third kappa shape index (κ3) is 5.21. The third-order valence-electron chi connectivity index (χ3n) is 5.63. The van der Waals surface area contributed by atoms with Crippen molar-refractivity contribution in [1.82, 2.24) is 40.0 Å². The quantitative estimate of drug-likeness (QED) is 0.398. The van der Waals surface area contributed by atoms with Crippen LogP contribution >= 0.6 is 0 Å². The number of hydrogen-bond donors (Lipinski definition) is 1. The molecule has 1 N–H and O–H groups in total. The van der Waals surface area contributed by atoms with E-state index in [1.807, 2.05) is 0 Å². The molecule has 4 aromatic rings. The van der Waals surface area contributed by atoms with E-state index in [4.69, 9.17) is 10.1 Å². The van der Waals surface area contributed by atoms with Gasteiger partial charge in [-0.25, -0.2) is 14.8 Å². The molecule has 33 heavy (non-hydrogen) atoms. The maximum Gasteiger partial charge on any atom is 0.196 e. The minimum absolute atomic E-state index is 0.359. The van der Waals surface area contributed by atoms with Gasteiger partial charge in [0, 0.05) is 24.7 Å². The van der Waals surface area contributed by atoms with E-state index in [2.05, 4.69) is 108 Å². The zero-order valence-electron chi connectivity index (χ0n) is 20.4. The average molecular weight is 447 g/mol. The van der Waals surface area contributed by atoms with Crippen molar-refractivity contribution in [2.75, 3.05) is 0 Å². The number of nitrogens with zero attached hydrogens (tertiary/aromatic N) is 7. The Morgan fingerprint density at radius 1 is 0.909 bits per heavy atom. The maximum absolute atomic E-state index is 4.84. The van der Waals surface area contributed by atoms with Gasteiger partial charge in [-0.1, -0.05) is 53.7 Å². The van der Waals surface area contributed by atoms with Crippen LogP contribution in [0.15, 0.2) is 36.5 Å². The zero-order valence-corrected chi connectivity index (χ0v) is 20.4. The highest BCUT2D eigenvalue weighted by Crippen LogP contribution is 2.30. The largest absolute Gasteiger partial charge is 0.314 e. The molecule has 3 heterocycles. The van der Waals surface area contributed by atoms with Crippen LogP contribution in [0.3, 0.4) is 0 Å². The van der Waals surface area contributed by atoms with Gasteiger partial charge in [0.25, 0.3) is 0 Å². The first-order valence-electron chi connectivity index (χ1n) is 11.8. The van der Waals surface area contributed by atoms with E-state index in [9.17, 15) is 0 Å². The molecule has 8 nitrogen and oxygen atoms in total. The summed E-state index contributed by atoms with van der Waals surface area (Å²) in [5.74, 6) is 4.12. The number of benzene rings is 1. The second-order valence-corrected chi connectivity index (χ2v) is 9.86. The molecule has 0 aliphatic heterocycles. The van der Waals surface area contributed by atoms with Crippen LogP contribution in [-0.4, -0.2) is 40.0 Å². The van der Waals surface area contributed by atoms with Gasteiger partial charge >= 0.3 is 0 Å². The fourth-order valence-electron chi connectivity index (χ4n) is 4.09. The molecule has 1 aromatic carbocycles. The van der Waals surface area contributed by atoms with E-state index in [1.54, 1.807) is 0 Å². The summed E-state index contributed by atoms with van der Waals surface area (Å²) in [6, 6.07) is 10.7. The summed E-state index contributed by atoms with van der Waals surface area (Å²) in [7, 11) is 0. The van der Waals surface area contributed by atoms with E-state index in [0.29, 0.717) is 23.6 Å². The molecule has 0 amide bonds. The van der Waals surface area contributed by atoms with Crippen molar-refractivity contribution >= 4 is 0 Å². The number of tetrazole rings is 1. The Kier molecular flexibility index (Phi) is 6.72. The third-order valence-corrected chi connectivity index (χ3v) is 5.63. The Morgan fingerprint density at radius 2 is 1.64 bits per heavy atom. The molecule has 0 saturated carbocycles. The summed E-state index contributed by atoms with van der Waals surface area (Å²) in [4.78, 5) is 4.84. The Labute approximate surface area is 195 Å². The number of H-pyrrole nitrogens is 1. The smallest absolute Gasteiger partial charge is 0.196 e. The second kappa shape index (κ2) is 9.68. The van der Waals surface area contributed by atoms with Crippen molar-refractivity contribution in [1.29, 1.82) is 0 Å². The van der Waals surface area contributed by atoms with Gasteiger partial charge in [0.05, 0.1) is 12.2 Å². The molecule has 8 heteroatoms. The number of hydrogen-bond acceptors (Lipinski definition) is 5. The minimum atomic E-state index is 0.359. The lowest BCUT2D eigenvalue weighted by molar-refractivity contribution is 0.560. The van der Waals surface area contributed by atoms with Crippen LogP contribution in [0, 0.1) is 11.8 Å². The zero-order chi connectivity index (χ0) is 23.5. The number of nitrogens with one attached hydrogen (secondary N) is 1. The molecule has 0 fully saturated rings. The first-order valence-corrected chi connectivity index (χ1v) is 11.8. The van der Waals surface area contributed by atoms with Crippen molar-refractivity contribution in [3.05, 3.63) is 59.3 Å². The molecule has 0 unspecified atom stereocenters. The molecule has 0 saturated heterocycles. The van der Waals surface area contributed by atoms with Crippen LogP contribution < -0.4 is 0 Å². The topological polar surface area (TPSA) is 90.1 Å². The second-order valence-electron chi connectivity index (χ2n) is 9.86. The van der Waals surface area contributed by atoms with Gasteiger partial charge in [-0.05, 0) is 57.5 Å². The number of aromatic nitrogens is 8. The van der Waals surface area contributed by atoms with Crippen LogP contribution in [0.4, 0.5) is 0 Å². The summed E-state index contributed by atoms with van der Waals surface area (Å²) in [6.07, 6.45) is 3.92. The molecule has 0 atom stereocenters. The molecule has 0 radical (unpaired) electrons. The molecule has 0 aliphatic carbocycles. The molecule has 0 bridgehead atoms. The summed E-state index contributed by atoms with van der Waals surface area (Å²) < 4.78 is 4.21. The highest BCUT2D eigenvalue weighted by atomic mass is 15.5. The molecule has 0 aliphatic rings. The first-order chi connectivity index (χ1) is 15.8. The first kappa shape index (κ1) is 22.9. The normalized spacial score (nSPS) is 11.9. The molecule has 4 rings (SSSR count). The minimum Gasteiger partial charge on any atom is -0.314 e. The van der Waals surface area contributed by atoms with Gasteiger partial charge < -0.3 is 4.57 Å². The van der Waals surface area contributed by atoms with Crippen LogP contribution in [0.2, 0.25) is 0 Å². The molecule has 0 spiro atoms. The predicted octanol–water partition coefficient (Wildman–Crippen LogP) is 4.82. The van der Waals surface area contributed by atoms with Crippen LogP contribution in [0.25, 0.3) is 17.2 Å². The van der Waals surface area contributed by atoms with Crippen molar-refractivity contribution < 1.29 is 0 Å². The van der Waals surface area contributed by atoms with Crippen molar-refractivity contribution in [3.8, 4) is 17.2 Å². The fraction of sp³-hybridized carbons (Fsp3) is 0.480. The van der Waals surface area contributed by atoms with Gasteiger partial charge in [0.2, 0.25) is 0 Å². The molecular weight excluding hydrogens is 412 g/mol. The van der Waals surface area contributed by atoms with Gasteiger partial charge in [-0.15, -0.1) is 5.10 Å². The Balaban J connectivity index is 1.61. The average Bonchev–Trinajstić information content (AvgIpc) is 3.48. The van der Waals surface area contributed by atoms with Gasteiger partial charge in [-0.2, -0.15) is 5.10 Å². The maximum atomic E-state index is 4.84. The van der Waals surface area contributed by atoms with Crippen LogP contribution in [-0.2, 0) is 19.4 Å². The van der Waals surface area contributed by atoms with Crippen molar-refractivity contribution in [2.24, 2.45) is 11.8 Å². The lowest BCUT2D eigenvalue weighted by atomic mass is 10.0. The standard InChI is InChI=1S/C25H34N8/c1-16(2)13-22-26-23(14-17(3)4)33(29-22)15-19-7-9-20(10-8-19)32-12-11-21(18(5)6)24(32)25-27-30-31-28-25/h7-12,16-18H,13-15H2,1-6H3,(H,27,28,30,31). The number of rotatable bonds is 9. The summed E-state index contributed by atoms with van der Waals surface area (Å²) in [5.41, 5.74) is 4.47. The lowest BCUT2D eigenvalue weighted by Crippen LogP contribution is -2.09.